The van der Waals surface area contributed by atoms with Gasteiger partial charge in [-0.2, -0.15) is 5.10 Å². The number of nitrogens with zero attached hydrogens (tertiary/aromatic N) is 1. The second-order valence-corrected chi connectivity index (χ2v) is 4.94. The third kappa shape index (κ3) is 1.78. The Morgan fingerprint density at radius 1 is 1.39 bits per heavy atom. The zero-order valence-electron chi connectivity index (χ0n) is 9.73. The third-order valence-corrected chi connectivity index (χ3v) is 3.76. The first-order chi connectivity index (χ1) is 8.75. The van der Waals surface area contributed by atoms with E-state index in [9.17, 15) is 4.79 Å². The molecule has 0 saturated heterocycles. The normalized spacial score (nSPS) is 10.7. The molecule has 4 nitrogen and oxygen atoms in total. The molecule has 0 aliphatic rings. The number of rotatable bonds is 2. The van der Waals surface area contributed by atoms with E-state index in [4.69, 9.17) is 0 Å². The van der Waals surface area contributed by atoms with E-state index >= 15 is 0 Å². The number of aromatic nitrogens is 2. The molecule has 1 aromatic carbocycles. The summed E-state index contributed by atoms with van der Waals surface area (Å²) in [6.07, 6.45) is 1.68. The fourth-order valence-corrected chi connectivity index (χ4v) is 2.75. The molecule has 0 bridgehead atoms. The van der Waals surface area contributed by atoms with Crippen molar-refractivity contribution < 1.29 is 4.79 Å². The molecule has 0 radical (unpaired) electrons. The van der Waals surface area contributed by atoms with Gasteiger partial charge in [0.2, 0.25) is 0 Å². The maximum Gasteiger partial charge on any atom is 0.258 e. The van der Waals surface area contributed by atoms with Crippen LogP contribution in [-0.2, 0) is 0 Å². The maximum atomic E-state index is 12.2. The summed E-state index contributed by atoms with van der Waals surface area (Å²) in [5.41, 5.74) is 1.62. The van der Waals surface area contributed by atoms with Gasteiger partial charge in [0.1, 0.15) is 5.82 Å². The van der Waals surface area contributed by atoms with Crippen molar-refractivity contribution in [1.82, 2.24) is 10.2 Å². The molecular weight excluding hydrogens is 246 g/mol. The zero-order valence-corrected chi connectivity index (χ0v) is 10.5. The van der Waals surface area contributed by atoms with Gasteiger partial charge in [-0.25, -0.2) is 0 Å². The molecule has 2 heterocycles. The summed E-state index contributed by atoms with van der Waals surface area (Å²) in [6.45, 7) is 1.89. The van der Waals surface area contributed by atoms with Gasteiger partial charge in [0.05, 0.1) is 11.8 Å². The van der Waals surface area contributed by atoms with Gasteiger partial charge in [-0.05, 0) is 13.0 Å². The molecule has 3 rings (SSSR count). The second kappa shape index (κ2) is 4.27. The van der Waals surface area contributed by atoms with E-state index in [0.29, 0.717) is 11.4 Å². The molecule has 1 amide bonds. The summed E-state index contributed by atoms with van der Waals surface area (Å²) in [5.74, 6) is 0.537. The molecule has 18 heavy (non-hydrogen) atoms. The summed E-state index contributed by atoms with van der Waals surface area (Å²) in [5, 5.41) is 12.3. The second-order valence-electron chi connectivity index (χ2n) is 4.03. The first-order valence-corrected chi connectivity index (χ1v) is 6.41. The molecule has 0 unspecified atom stereocenters. The molecule has 0 aliphatic heterocycles. The van der Waals surface area contributed by atoms with Crippen LogP contribution in [-0.4, -0.2) is 16.1 Å². The van der Waals surface area contributed by atoms with Crippen molar-refractivity contribution in [3.05, 3.63) is 47.0 Å². The highest BCUT2D eigenvalue weighted by molar-refractivity contribution is 7.17. The molecule has 0 saturated carbocycles. The molecule has 5 heteroatoms. The topological polar surface area (TPSA) is 57.8 Å². The third-order valence-electron chi connectivity index (χ3n) is 2.79. The van der Waals surface area contributed by atoms with E-state index in [1.54, 1.807) is 17.5 Å². The summed E-state index contributed by atoms with van der Waals surface area (Å²) >= 11 is 1.57. The molecule has 0 spiro atoms. The molecule has 0 atom stereocenters. The molecule has 0 aliphatic carbocycles. The number of benzene rings is 1. The number of anilines is 1. The Bertz CT molecular complexity index is 714. The Morgan fingerprint density at radius 3 is 3.00 bits per heavy atom. The van der Waals surface area contributed by atoms with Gasteiger partial charge in [0, 0.05) is 21.0 Å². The van der Waals surface area contributed by atoms with Crippen LogP contribution in [0.15, 0.2) is 35.8 Å². The number of carbonyl (C=O) groups is 1. The van der Waals surface area contributed by atoms with Crippen LogP contribution in [0.1, 0.15) is 15.9 Å². The van der Waals surface area contributed by atoms with Crippen molar-refractivity contribution in [3.63, 3.8) is 0 Å². The van der Waals surface area contributed by atoms with Gasteiger partial charge in [0.15, 0.2) is 0 Å². The summed E-state index contributed by atoms with van der Waals surface area (Å²) < 4.78 is 1.11. The van der Waals surface area contributed by atoms with E-state index in [0.717, 1.165) is 15.6 Å². The van der Waals surface area contributed by atoms with Crippen molar-refractivity contribution in [3.8, 4) is 0 Å². The SMILES string of the molecule is Cc1cn[nH]c1NC(=O)c1csc2ccccc12. The van der Waals surface area contributed by atoms with E-state index in [1.165, 1.54) is 0 Å². The number of nitrogens with one attached hydrogen (secondary N) is 2. The molecule has 2 aromatic heterocycles. The molecular formula is C13H11N3OS. The van der Waals surface area contributed by atoms with E-state index in [1.807, 2.05) is 36.6 Å². The lowest BCUT2D eigenvalue weighted by Gasteiger charge is -2.02. The van der Waals surface area contributed by atoms with Crippen molar-refractivity contribution in [2.24, 2.45) is 0 Å². The van der Waals surface area contributed by atoms with Gasteiger partial charge in [-0.3, -0.25) is 9.89 Å². The van der Waals surface area contributed by atoms with Crippen LogP contribution >= 0.6 is 11.3 Å². The summed E-state index contributed by atoms with van der Waals surface area (Å²) in [6, 6.07) is 7.88. The van der Waals surface area contributed by atoms with Crippen LogP contribution in [0.3, 0.4) is 0 Å². The monoisotopic (exact) mass is 257 g/mol. The number of H-pyrrole nitrogens is 1. The Balaban J connectivity index is 1.95. The Labute approximate surface area is 108 Å². The predicted molar refractivity (Wildman–Crippen MR) is 73.1 cm³/mol. The molecule has 2 N–H and O–H groups in total. The number of hydrogen-bond donors (Lipinski definition) is 2. The zero-order chi connectivity index (χ0) is 12.5. The van der Waals surface area contributed by atoms with Gasteiger partial charge in [0.25, 0.3) is 5.91 Å². The lowest BCUT2D eigenvalue weighted by molar-refractivity contribution is 0.102. The first-order valence-electron chi connectivity index (χ1n) is 5.53. The highest BCUT2D eigenvalue weighted by atomic mass is 32.1. The minimum Gasteiger partial charge on any atom is -0.307 e. The standard InChI is InChI=1S/C13H11N3OS/c1-8-6-14-16-12(8)15-13(17)10-7-18-11-5-3-2-4-9(10)11/h2-7H,1H3,(H2,14,15,16,17). The van der Waals surface area contributed by atoms with Crippen LogP contribution in [0.4, 0.5) is 5.82 Å². The van der Waals surface area contributed by atoms with E-state index in [2.05, 4.69) is 15.5 Å². The fraction of sp³-hybridized carbons (Fsp3) is 0.0769. The van der Waals surface area contributed by atoms with Crippen molar-refractivity contribution in [2.45, 2.75) is 6.92 Å². The summed E-state index contributed by atoms with van der Waals surface area (Å²) in [7, 11) is 0. The predicted octanol–water partition coefficient (Wildman–Crippen LogP) is 3.19. The van der Waals surface area contributed by atoms with Gasteiger partial charge < -0.3 is 5.32 Å². The lowest BCUT2D eigenvalue weighted by Crippen LogP contribution is -2.12. The number of aryl methyl sites for hydroxylation is 1. The van der Waals surface area contributed by atoms with Crippen molar-refractivity contribution >= 4 is 33.1 Å². The van der Waals surface area contributed by atoms with E-state index < -0.39 is 0 Å². The van der Waals surface area contributed by atoms with Crippen molar-refractivity contribution in [2.75, 3.05) is 5.32 Å². The maximum absolute atomic E-state index is 12.2. The highest BCUT2D eigenvalue weighted by Crippen LogP contribution is 2.26. The van der Waals surface area contributed by atoms with Crippen LogP contribution in [0.25, 0.3) is 10.1 Å². The van der Waals surface area contributed by atoms with Crippen LogP contribution in [0, 0.1) is 6.92 Å². The van der Waals surface area contributed by atoms with Crippen LogP contribution in [0.2, 0.25) is 0 Å². The number of amides is 1. The minimum absolute atomic E-state index is 0.111. The average molecular weight is 257 g/mol. The largest absolute Gasteiger partial charge is 0.307 e. The summed E-state index contributed by atoms with van der Waals surface area (Å²) in [4.78, 5) is 12.2. The number of carbonyl (C=O) groups excluding carboxylic acids is 1. The number of hydrogen-bond acceptors (Lipinski definition) is 3. The quantitative estimate of drug-likeness (QED) is 0.740. The Morgan fingerprint density at radius 2 is 2.22 bits per heavy atom. The number of aromatic amines is 1. The number of thiophene rings is 1. The van der Waals surface area contributed by atoms with Crippen LogP contribution in [0.5, 0.6) is 0 Å². The Kier molecular flexibility index (Phi) is 2.60. The van der Waals surface area contributed by atoms with Gasteiger partial charge in [-0.1, -0.05) is 18.2 Å². The van der Waals surface area contributed by atoms with Gasteiger partial charge in [-0.15, -0.1) is 11.3 Å². The van der Waals surface area contributed by atoms with E-state index in [-0.39, 0.29) is 5.91 Å². The lowest BCUT2D eigenvalue weighted by atomic mass is 10.1. The fourth-order valence-electron chi connectivity index (χ4n) is 1.81. The Hall–Kier alpha value is -2.14. The smallest absolute Gasteiger partial charge is 0.258 e. The van der Waals surface area contributed by atoms with Crippen LogP contribution < -0.4 is 5.32 Å². The number of fused-ring (bicyclic) bond motifs is 1. The average Bonchev–Trinajstić information content (AvgIpc) is 2.96. The molecule has 3 aromatic rings. The minimum atomic E-state index is -0.111. The molecule has 0 fully saturated rings. The molecule has 90 valence electrons. The van der Waals surface area contributed by atoms with Crippen molar-refractivity contribution in [1.29, 1.82) is 0 Å². The highest BCUT2D eigenvalue weighted by Gasteiger charge is 2.13. The first kappa shape index (κ1) is 11.0. The van der Waals surface area contributed by atoms with Gasteiger partial charge >= 0.3 is 0 Å².